The summed E-state index contributed by atoms with van der Waals surface area (Å²) in [6.07, 6.45) is 1.52. The van der Waals surface area contributed by atoms with Crippen molar-refractivity contribution in [1.82, 2.24) is 0 Å². The smallest absolute Gasteiger partial charge is 0.303 e. The molecule has 0 spiro atoms. The van der Waals surface area contributed by atoms with Crippen LogP contribution in [0.25, 0.3) is 0 Å². The van der Waals surface area contributed by atoms with E-state index in [1.54, 1.807) is 0 Å². The van der Waals surface area contributed by atoms with Gasteiger partial charge in [0.05, 0.1) is 11.6 Å². The molecule has 1 N–H and O–H groups in total. The van der Waals surface area contributed by atoms with E-state index in [9.17, 15) is 4.79 Å². The van der Waals surface area contributed by atoms with Crippen LogP contribution in [0.5, 0.6) is 5.75 Å². The minimum Gasteiger partial charge on any atom is -0.492 e. The molecule has 0 amide bonds. The minimum absolute atomic E-state index is 0.184. The Bertz CT molecular complexity index is 402. The van der Waals surface area contributed by atoms with Crippen LogP contribution in [0.4, 0.5) is 0 Å². The molecule has 1 rings (SSSR count). The van der Waals surface area contributed by atoms with Gasteiger partial charge in [0.2, 0.25) is 0 Å². The minimum atomic E-state index is -0.769. The van der Waals surface area contributed by atoms with E-state index >= 15 is 0 Å². The van der Waals surface area contributed by atoms with Gasteiger partial charge >= 0.3 is 5.97 Å². The fourth-order valence-corrected chi connectivity index (χ4v) is 1.80. The largest absolute Gasteiger partial charge is 0.492 e. The molecule has 0 aliphatic heterocycles. The van der Waals surface area contributed by atoms with Crippen LogP contribution in [-0.4, -0.2) is 17.7 Å². The molecule has 0 saturated carbocycles. The number of carboxylic acid groups (broad SMARTS) is 1. The number of ether oxygens (including phenoxy) is 1. The molecule has 0 aliphatic carbocycles. The predicted octanol–water partition coefficient (Wildman–Crippen LogP) is 4.10. The fourth-order valence-electron chi connectivity index (χ4n) is 1.55. The lowest BCUT2D eigenvalue weighted by Crippen LogP contribution is -2.01. The molecule has 0 aromatic heterocycles. The zero-order valence-electron chi connectivity index (χ0n) is 10.8. The number of hydrogen-bond acceptors (Lipinski definition) is 2. The van der Waals surface area contributed by atoms with Crippen molar-refractivity contribution in [2.24, 2.45) is 0 Å². The first kappa shape index (κ1) is 14.8. The summed E-state index contributed by atoms with van der Waals surface area (Å²) in [4.78, 5) is 10.3. The Balaban J connectivity index is 2.41. The molecule has 1 aromatic rings. The number of aliphatic carboxylic acids is 1. The SMILES string of the molecule is CC(C)c1ccc(OCCCCC(=O)O)c(Cl)c1. The number of unbranched alkanes of at least 4 members (excludes halogenated alkanes) is 1. The summed E-state index contributed by atoms with van der Waals surface area (Å²) >= 11 is 6.12. The van der Waals surface area contributed by atoms with Gasteiger partial charge in [-0.2, -0.15) is 0 Å². The van der Waals surface area contributed by atoms with Gasteiger partial charge in [0.1, 0.15) is 5.75 Å². The summed E-state index contributed by atoms with van der Waals surface area (Å²) in [5.74, 6) is 0.331. The van der Waals surface area contributed by atoms with E-state index in [0.29, 0.717) is 36.1 Å². The summed E-state index contributed by atoms with van der Waals surface area (Å²) in [7, 11) is 0. The Morgan fingerprint density at radius 1 is 1.39 bits per heavy atom. The van der Waals surface area contributed by atoms with Crippen LogP contribution in [0.15, 0.2) is 18.2 Å². The van der Waals surface area contributed by atoms with Crippen LogP contribution in [-0.2, 0) is 4.79 Å². The molecule has 0 aliphatic rings. The third-order valence-electron chi connectivity index (χ3n) is 2.67. The first-order valence-electron chi connectivity index (χ1n) is 6.14. The summed E-state index contributed by atoms with van der Waals surface area (Å²) in [6, 6.07) is 5.79. The standard InChI is InChI=1S/C14H19ClO3/c1-10(2)11-6-7-13(12(15)9-11)18-8-4-3-5-14(16)17/h6-7,9-10H,3-5,8H2,1-2H3,(H,16,17). The Hall–Kier alpha value is -1.22. The van der Waals surface area contributed by atoms with Gasteiger partial charge < -0.3 is 9.84 Å². The molecule has 0 bridgehead atoms. The maximum Gasteiger partial charge on any atom is 0.303 e. The lowest BCUT2D eigenvalue weighted by molar-refractivity contribution is -0.137. The molecule has 3 nitrogen and oxygen atoms in total. The first-order valence-corrected chi connectivity index (χ1v) is 6.52. The highest BCUT2D eigenvalue weighted by Gasteiger charge is 2.05. The first-order chi connectivity index (χ1) is 8.50. The Kier molecular flexibility index (Phi) is 5.99. The number of rotatable bonds is 7. The van der Waals surface area contributed by atoms with E-state index in [1.165, 1.54) is 5.56 Å². The molecule has 0 fully saturated rings. The molecular formula is C14H19ClO3. The molecule has 100 valence electrons. The maximum absolute atomic E-state index is 10.3. The molecule has 0 heterocycles. The van der Waals surface area contributed by atoms with Gasteiger partial charge in [0.15, 0.2) is 0 Å². The highest BCUT2D eigenvalue weighted by atomic mass is 35.5. The van der Waals surface area contributed by atoms with E-state index < -0.39 is 5.97 Å². The van der Waals surface area contributed by atoms with Crippen LogP contribution in [0.1, 0.15) is 44.6 Å². The molecule has 0 saturated heterocycles. The topological polar surface area (TPSA) is 46.5 Å². The number of benzene rings is 1. The van der Waals surface area contributed by atoms with E-state index in [4.69, 9.17) is 21.4 Å². The average molecular weight is 271 g/mol. The Labute approximate surface area is 113 Å². The van der Waals surface area contributed by atoms with Crippen molar-refractivity contribution in [1.29, 1.82) is 0 Å². The van der Waals surface area contributed by atoms with Crippen molar-refractivity contribution >= 4 is 17.6 Å². The molecule has 18 heavy (non-hydrogen) atoms. The van der Waals surface area contributed by atoms with Crippen LogP contribution >= 0.6 is 11.6 Å². The van der Waals surface area contributed by atoms with Crippen LogP contribution in [0.2, 0.25) is 5.02 Å². The summed E-state index contributed by atoms with van der Waals surface area (Å²) < 4.78 is 5.53. The van der Waals surface area contributed by atoms with Crippen LogP contribution in [0.3, 0.4) is 0 Å². The van der Waals surface area contributed by atoms with Crippen molar-refractivity contribution in [3.8, 4) is 5.75 Å². The third kappa shape index (κ3) is 4.96. The lowest BCUT2D eigenvalue weighted by atomic mass is 10.0. The van der Waals surface area contributed by atoms with Gasteiger partial charge in [-0.1, -0.05) is 31.5 Å². The fraction of sp³-hybridized carbons (Fsp3) is 0.500. The highest BCUT2D eigenvalue weighted by molar-refractivity contribution is 6.32. The molecule has 1 aromatic carbocycles. The molecule has 4 heteroatoms. The Morgan fingerprint density at radius 3 is 2.67 bits per heavy atom. The maximum atomic E-state index is 10.3. The normalized spacial score (nSPS) is 10.7. The zero-order chi connectivity index (χ0) is 13.5. The predicted molar refractivity (Wildman–Crippen MR) is 72.5 cm³/mol. The second kappa shape index (κ2) is 7.27. The molecule has 0 atom stereocenters. The summed E-state index contributed by atoms with van der Waals surface area (Å²) in [5, 5.41) is 9.11. The van der Waals surface area contributed by atoms with Crippen LogP contribution in [0, 0.1) is 0 Å². The van der Waals surface area contributed by atoms with E-state index in [1.807, 2.05) is 18.2 Å². The average Bonchev–Trinajstić information content (AvgIpc) is 2.29. The zero-order valence-corrected chi connectivity index (χ0v) is 11.5. The molecule has 0 unspecified atom stereocenters. The van der Waals surface area contributed by atoms with Crippen molar-refractivity contribution in [3.63, 3.8) is 0 Å². The number of carboxylic acids is 1. The van der Waals surface area contributed by atoms with Crippen molar-refractivity contribution in [2.45, 2.75) is 39.0 Å². The van der Waals surface area contributed by atoms with Gasteiger partial charge in [-0.05, 0) is 36.5 Å². The van der Waals surface area contributed by atoms with Gasteiger partial charge in [0, 0.05) is 6.42 Å². The molecule has 0 radical (unpaired) electrons. The van der Waals surface area contributed by atoms with E-state index in [-0.39, 0.29) is 6.42 Å². The van der Waals surface area contributed by atoms with Crippen LogP contribution < -0.4 is 4.74 Å². The second-order valence-electron chi connectivity index (χ2n) is 4.54. The van der Waals surface area contributed by atoms with E-state index in [0.717, 1.165) is 0 Å². The highest BCUT2D eigenvalue weighted by Crippen LogP contribution is 2.28. The van der Waals surface area contributed by atoms with Crippen molar-refractivity contribution in [3.05, 3.63) is 28.8 Å². The third-order valence-corrected chi connectivity index (χ3v) is 2.96. The summed E-state index contributed by atoms with van der Waals surface area (Å²) in [6.45, 7) is 4.71. The number of halogens is 1. The van der Waals surface area contributed by atoms with Gasteiger partial charge in [-0.25, -0.2) is 0 Å². The number of carbonyl (C=O) groups is 1. The van der Waals surface area contributed by atoms with Gasteiger partial charge in [-0.15, -0.1) is 0 Å². The van der Waals surface area contributed by atoms with Crippen molar-refractivity contribution < 1.29 is 14.6 Å². The summed E-state index contributed by atoms with van der Waals surface area (Å²) in [5.41, 5.74) is 1.18. The lowest BCUT2D eigenvalue weighted by Gasteiger charge is -2.11. The number of hydrogen-bond donors (Lipinski definition) is 1. The Morgan fingerprint density at radius 2 is 2.11 bits per heavy atom. The second-order valence-corrected chi connectivity index (χ2v) is 4.95. The quantitative estimate of drug-likeness (QED) is 0.759. The monoisotopic (exact) mass is 270 g/mol. The molecular weight excluding hydrogens is 252 g/mol. The van der Waals surface area contributed by atoms with Crippen molar-refractivity contribution in [2.75, 3.05) is 6.61 Å². The van der Waals surface area contributed by atoms with Gasteiger partial charge in [-0.3, -0.25) is 4.79 Å². The van der Waals surface area contributed by atoms with Gasteiger partial charge in [0.25, 0.3) is 0 Å². The van der Waals surface area contributed by atoms with E-state index in [2.05, 4.69) is 13.8 Å².